The monoisotopic (exact) mass is 401 g/mol. The highest BCUT2D eigenvalue weighted by Gasteiger charge is 2.38. The molecule has 2 aromatic carbocycles. The van der Waals surface area contributed by atoms with Crippen molar-refractivity contribution in [3.8, 4) is 0 Å². The molecule has 1 aliphatic heterocycles. The van der Waals surface area contributed by atoms with Gasteiger partial charge in [-0.3, -0.25) is 4.90 Å². The van der Waals surface area contributed by atoms with E-state index in [4.69, 9.17) is 5.73 Å². The molecule has 1 saturated heterocycles. The molecule has 2 aliphatic rings. The van der Waals surface area contributed by atoms with Crippen molar-refractivity contribution in [1.82, 2.24) is 10.2 Å². The molecule has 0 radical (unpaired) electrons. The molecule has 2 atom stereocenters. The summed E-state index contributed by atoms with van der Waals surface area (Å²) in [5.41, 5.74) is 11.6. The molecule has 0 spiro atoms. The van der Waals surface area contributed by atoms with Crippen molar-refractivity contribution in [3.63, 3.8) is 0 Å². The minimum Gasteiger partial charge on any atom is -0.399 e. The Bertz CT molecular complexity index is 861. The van der Waals surface area contributed by atoms with Gasteiger partial charge in [0.25, 0.3) is 0 Å². The zero-order valence-corrected chi connectivity index (χ0v) is 18.2. The van der Waals surface area contributed by atoms with Crippen molar-refractivity contribution in [1.29, 1.82) is 0 Å². The van der Waals surface area contributed by atoms with Gasteiger partial charge in [0, 0.05) is 18.3 Å². The predicted molar refractivity (Wildman–Crippen MR) is 128 cm³/mol. The van der Waals surface area contributed by atoms with Gasteiger partial charge >= 0.3 is 0 Å². The molecule has 1 heterocycles. The fourth-order valence-corrected chi connectivity index (χ4v) is 4.59. The van der Waals surface area contributed by atoms with Gasteiger partial charge in [0.05, 0.1) is 0 Å². The Balaban J connectivity index is 1.16. The zero-order chi connectivity index (χ0) is 20.9. The standard InChI is InChI=1S/C27H35N3/c1-20(16-22-6-4-3-5-7-22)26-17-27(26)29-18-23-12-14-30(15-13-23)19-24-8-10-25(11-9-24)21(2)28/h3-11,16,23,26-27,29H,2,12-15,17-19,28H2,1H3/b20-16+. The molecule has 158 valence electrons. The van der Waals surface area contributed by atoms with Crippen LogP contribution >= 0.6 is 0 Å². The van der Waals surface area contributed by atoms with Crippen molar-refractivity contribution in [3.05, 3.63) is 83.4 Å². The number of nitrogens with one attached hydrogen (secondary N) is 1. The Kier molecular flexibility index (Phi) is 6.71. The van der Waals surface area contributed by atoms with Crippen molar-refractivity contribution < 1.29 is 0 Å². The zero-order valence-electron chi connectivity index (χ0n) is 18.2. The van der Waals surface area contributed by atoms with Gasteiger partial charge in [0.15, 0.2) is 0 Å². The third-order valence-electron chi connectivity index (χ3n) is 6.68. The highest BCUT2D eigenvalue weighted by Crippen LogP contribution is 2.38. The summed E-state index contributed by atoms with van der Waals surface area (Å²) in [4.78, 5) is 2.58. The first kappa shape index (κ1) is 20.9. The maximum Gasteiger partial charge on any atom is 0.0314 e. The van der Waals surface area contributed by atoms with Crippen LogP contribution in [-0.4, -0.2) is 30.6 Å². The first-order valence-corrected chi connectivity index (χ1v) is 11.3. The molecule has 1 aliphatic carbocycles. The lowest BCUT2D eigenvalue weighted by Crippen LogP contribution is -2.37. The van der Waals surface area contributed by atoms with Crippen LogP contribution in [0.5, 0.6) is 0 Å². The number of hydrogen-bond donors (Lipinski definition) is 2. The van der Waals surface area contributed by atoms with Gasteiger partial charge in [-0.25, -0.2) is 0 Å². The fourth-order valence-electron chi connectivity index (χ4n) is 4.59. The molecule has 30 heavy (non-hydrogen) atoms. The normalized spacial score (nSPS) is 22.8. The average Bonchev–Trinajstić information content (AvgIpc) is 3.54. The highest BCUT2D eigenvalue weighted by molar-refractivity contribution is 5.60. The maximum absolute atomic E-state index is 5.76. The number of likely N-dealkylation sites (tertiary alicyclic amines) is 1. The van der Waals surface area contributed by atoms with Crippen LogP contribution in [0.4, 0.5) is 0 Å². The second-order valence-electron chi connectivity index (χ2n) is 9.10. The van der Waals surface area contributed by atoms with Gasteiger partial charge in [-0.05, 0) is 74.3 Å². The number of piperidine rings is 1. The molecule has 2 aromatic rings. The lowest BCUT2D eigenvalue weighted by Gasteiger charge is -2.32. The number of benzene rings is 2. The van der Waals surface area contributed by atoms with Crippen molar-refractivity contribution in [2.75, 3.05) is 19.6 Å². The summed E-state index contributed by atoms with van der Waals surface area (Å²) in [6, 6.07) is 19.9. The topological polar surface area (TPSA) is 41.3 Å². The largest absolute Gasteiger partial charge is 0.399 e. The molecule has 2 unspecified atom stereocenters. The van der Waals surface area contributed by atoms with Gasteiger partial charge < -0.3 is 11.1 Å². The van der Waals surface area contributed by atoms with E-state index in [2.05, 4.69) is 84.4 Å². The van der Waals surface area contributed by atoms with Crippen molar-refractivity contribution >= 4 is 11.8 Å². The van der Waals surface area contributed by atoms with Crippen molar-refractivity contribution in [2.24, 2.45) is 17.6 Å². The third-order valence-corrected chi connectivity index (χ3v) is 6.68. The van der Waals surface area contributed by atoms with E-state index in [-0.39, 0.29) is 0 Å². The van der Waals surface area contributed by atoms with E-state index in [0.29, 0.717) is 11.7 Å². The third kappa shape index (κ3) is 5.62. The quantitative estimate of drug-likeness (QED) is 0.660. The lowest BCUT2D eigenvalue weighted by atomic mass is 9.96. The second-order valence-corrected chi connectivity index (χ2v) is 9.10. The van der Waals surface area contributed by atoms with Gasteiger partial charge in [0.2, 0.25) is 0 Å². The summed E-state index contributed by atoms with van der Waals surface area (Å²) in [5.74, 6) is 1.53. The average molecular weight is 402 g/mol. The van der Waals surface area contributed by atoms with E-state index in [9.17, 15) is 0 Å². The van der Waals surface area contributed by atoms with E-state index >= 15 is 0 Å². The summed E-state index contributed by atoms with van der Waals surface area (Å²) >= 11 is 0. The summed E-state index contributed by atoms with van der Waals surface area (Å²) in [7, 11) is 0. The Morgan fingerprint density at radius 2 is 1.80 bits per heavy atom. The fraction of sp³-hybridized carbons (Fsp3) is 0.407. The molecule has 0 aromatic heterocycles. The second kappa shape index (κ2) is 9.63. The number of hydrogen-bond acceptors (Lipinski definition) is 3. The van der Waals surface area contributed by atoms with E-state index in [1.165, 1.54) is 55.6 Å². The number of rotatable bonds is 8. The van der Waals surface area contributed by atoms with Crippen LogP contribution in [-0.2, 0) is 6.54 Å². The first-order chi connectivity index (χ1) is 14.6. The Hall–Kier alpha value is -2.36. The molecule has 3 heteroatoms. The molecule has 0 bridgehead atoms. The van der Waals surface area contributed by atoms with E-state index < -0.39 is 0 Å². The summed E-state index contributed by atoms with van der Waals surface area (Å²) in [5, 5.41) is 3.84. The van der Waals surface area contributed by atoms with Gasteiger partial charge in [-0.1, -0.05) is 72.8 Å². The molecule has 3 nitrogen and oxygen atoms in total. The van der Waals surface area contributed by atoms with Crippen LogP contribution in [0.1, 0.15) is 42.9 Å². The number of nitrogens with two attached hydrogens (primary N) is 1. The van der Waals surface area contributed by atoms with Crippen LogP contribution in [0, 0.1) is 11.8 Å². The van der Waals surface area contributed by atoms with E-state index in [1.54, 1.807) is 0 Å². The molecule has 1 saturated carbocycles. The van der Waals surface area contributed by atoms with Crippen LogP contribution in [0.2, 0.25) is 0 Å². The predicted octanol–water partition coefficient (Wildman–Crippen LogP) is 4.91. The smallest absolute Gasteiger partial charge is 0.0314 e. The molecule has 2 fully saturated rings. The Morgan fingerprint density at radius 3 is 2.47 bits per heavy atom. The minimum absolute atomic E-state index is 0.638. The van der Waals surface area contributed by atoms with E-state index in [1.807, 2.05) is 0 Å². The van der Waals surface area contributed by atoms with E-state index in [0.717, 1.165) is 23.9 Å². The SMILES string of the molecule is C=C(N)c1ccc(CN2CCC(CNC3CC3/C(C)=C/c3ccccc3)CC2)cc1. The minimum atomic E-state index is 0.638. The Morgan fingerprint density at radius 1 is 1.10 bits per heavy atom. The van der Waals surface area contributed by atoms with Crippen LogP contribution in [0.25, 0.3) is 11.8 Å². The molecular weight excluding hydrogens is 366 g/mol. The summed E-state index contributed by atoms with van der Waals surface area (Å²) in [6.45, 7) is 10.7. The lowest BCUT2D eigenvalue weighted by molar-refractivity contribution is 0.175. The summed E-state index contributed by atoms with van der Waals surface area (Å²) in [6.07, 6.45) is 6.22. The number of nitrogens with zero attached hydrogens (tertiary/aromatic N) is 1. The first-order valence-electron chi connectivity index (χ1n) is 11.3. The molecule has 3 N–H and O–H groups in total. The molecular formula is C27H35N3. The van der Waals surface area contributed by atoms with Gasteiger partial charge in [-0.15, -0.1) is 0 Å². The molecule has 4 rings (SSSR count). The highest BCUT2D eigenvalue weighted by atomic mass is 15.1. The van der Waals surface area contributed by atoms with Crippen LogP contribution in [0.3, 0.4) is 0 Å². The van der Waals surface area contributed by atoms with Crippen LogP contribution in [0.15, 0.2) is 66.7 Å². The van der Waals surface area contributed by atoms with Gasteiger partial charge in [0.1, 0.15) is 0 Å². The van der Waals surface area contributed by atoms with Crippen molar-refractivity contribution in [2.45, 2.75) is 38.8 Å². The van der Waals surface area contributed by atoms with Crippen LogP contribution < -0.4 is 11.1 Å². The Labute approximate surface area is 181 Å². The van der Waals surface area contributed by atoms with Gasteiger partial charge in [-0.2, -0.15) is 0 Å². The summed E-state index contributed by atoms with van der Waals surface area (Å²) < 4.78 is 0. The maximum atomic E-state index is 5.76. The molecule has 0 amide bonds.